The first kappa shape index (κ1) is 16.9. The highest BCUT2D eigenvalue weighted by Crippen LogP contribution is 2.36. The summed E-state index contributed by atoms with van der Waals surface area (Å²) in [7, 11) is 0. The van der Waals surface area contributed by atoms with Gasteiger partial charge >= 0.3 is 0 Å². The molecule has 2 nitrogen and oxygen atoms in total. The molecule has 0 aliphatic heterocycles. The fourth-order valence-corrected chi connectivity index (χ4v) is 2.69. The Hall–Kier alpha value is -1.18. The maximum absolute atomic E-state index is 10.2. The van der Waals surface area contributed by atoms with E-state index in [-0.39, 0.29) is 11.5 Å². The molecule has 0 bridgehead atoms. The lowest BCUT2D eigenvalue weighted by Gasteiger charge is -2.17. The van der Waals surface area contributed by atoms with Crippen LogP contribution in [0.2, 0.25) is 0 Å². The zero-order chi connectivity index (χ0) is 15.0. The van der Waals surface area contributed by atoms with E-state index in [2.05, 4.69) is 20.8 Å². The van der Waals surface area contributed by atoms with Gasteiger partial charge in [-0.05, 0) is 55.7 Å². The minimum atomic E-state index is 0.0578. The standard InChI is InChI=1S/C18H30O2/c1-4-7-10-14-13-17(19)18(20)16(12-9-6-3)15(14)11-8-5-2/h13,19-20H,4-12H2,1-3H3. The minimum Gasteiger partial charge on any atom is -0.504 e. The van der Waals surface area contributed by atoms with E-state index in [1.54, 1.807) is 6.07 Å². The number of rotatable bonds is 9. The van der Waals surface area contributed by atoms with Crippen LogP contribution in [0.1, 0.15) is 76.0 Å². The van der Waals surface area contributed by atoms with Crippen molar-refractivity contribution in [3.05, 3.63) is 22.8 Å². The Balaban J connectivity index is 3.15. The van der Waals surface area contributed by atoms with Crippen molar-refractivity contribution >= 4 is 0 Å². The van der Waals surface area contributed by atoms with Gasteiger partial charge in [-0.2, -0.15) is 0 Å². The van der Waals surface area contributed by atoms with Gasteiger partial charge in [0.1, 0.15) is 0 Å². The van der Waals surface area contributed by atoms with Gasteiger partial charge in [0.25, 0.3) is 0 Å². The first-order valence-corrected chi connectivity index (χ1v) is 8.21. The van der Waals surface area contributed by atoms with Crippen LogP contribution in [0.5, 0.6) is 11.5 Å². The molecule has 1 aromatic rings. The van der Waals surface area contributed by atoms with Crippen LogP contribution >= 0.6 is 0 Å². The molecule has 0 saturated heterocycles. The Kier molecular flexibility index (Phi) is 7.50. The minimum absolute atomic E-state index is 0.0578. The molecule has 20 heavy (non-hydrogen) atoms. The van der Waals surface area contributed by atoms with Crippen LogP contribution < -0.4 is 0 Å². The molecule has 0 aliphatic rings. The maximum atomic E-state index is 10.2. The normalized spacial score (nSPS) is 10.9. The summed E-state index contributed by atoms with van der Waals surface area (Å²) in [6.45, 7) is 6.53. The number of aromatic hydroxyl groups is 2. The van der Waals surface area contributed by atoms with E-state index in [0.29, 0.717) is 0 Å². The number of hydrogen-bond acceptors (Lipinski definition) is 2. The molecule has 2 N–H and O–H groups in total. The van der Waals surface area contributed by atoms with E-state index in [1.165, 1.54) is 11.1 Å². The van der Waals surface area contributed by atoms with Crippen LogP contribution in [0.25, 0.3) is 0 Å². The van der Waals surface area contributed by atoms with Crippen LogP contribution in [-0.4, -0.2) is 10.2 Å². The molecule has 1 rings (SSSR count). The highest BCUT2D eigenvalue weighted by molar-refractivity contribution is 5.53. The number of phenols is 2. The first-order chi connectivity index (χ1) is 9.65. The molecule has 0 amide bonds. The number of aryl methyl sites for hydroxylation is 1. The van der Waals surface area contributed by atoms with E-state index < -0.39 is 0 Å². The number of benzene rings is 1. The summed E-state index contributed by atoms with van der Waals surface area (Å²) in [6.07, 6.45) is 9.63. The molecule has 0 unspecified atom stereocenters. The fourth-order valence-electron chi connectivity index (χ4n) is 2.69. The largest absolute Gasteiger partial charge is 0.504 e. The van der Waals surface area contributed by atoms with Crippen molar-refractivity contribution in [1.82, 2.24) is 0 Å². The summed E-state index contributed by atoms with van der Waals surface area (Å²) in [5, 5.41) is 20.2. The molecular formula is C18H30O2. The van der Waals surface area contributed by atoms with Gasteiger partial charge in [0.05, 0.1) is 0 Å². The Morgan fingerprint density at radius 1 is 0.750 bits per heavy atom. The van der Waals surface area contributed by atoms with Gasteiger partial charge in [0.15, 0.2) is 11.5 Å². The van der Waals surface area contributed by atoms with Crippen LogP contribution in [-0.2, 0) is 19.3 Å². The summed E-state index contributed by atoms with van der Waals surface area (Å²) in [4.78, 5) is 0. The maximum Gasteiger partial charge on any atom is 0.160 e. The predicted molar refractivity (Wildman–Crippen MR) is 85.6 cm³/mol. The summed E-state index contributed by atoms with van der Waals surface area (Å²) in [5.74, 6) is 0.173. The Morgan fingerprint density at radius 3 is 1.80 bits per heavy atom. The van der Waals surface area contributed by atoms with Gasteiger partial charge in [0.2, 0.25) is 0 Å². The van der Waals surface area contributed by atoms with Gasteiger partial charge in [-0.3, -0.25) is 0 Å². The SMILES string of the molecule is CCCCc1cc(O)c(O)c(CCCC)c1CCCC. The molecule has 0 heterocycles. The quantitative estimate of drug-likeness (QED) is 0.615. The van der Waals surface area contributed by atoms with Crippen molar-refractivity contribution < 1.29 is 10.2 Å². The molecule has 2 heteroatoms. The molecule has 0 aliphatic carbocycles. The van der Waals surface area contributed by atoms with Gasteiger partial charge in [-0.25, -0.2) is 0 Å². The number of hydrogen-bond donors (Lipinski definition) is 2. The molecule has 114 valence electrons. The van der Waals surface area contributed by atoms with Crippen molar-refractivity contribution in [2.45, 2.75) is 78.6 Å². The van der Waals surface area contributed by atoms with E-state index in [4.69, 9.17) is 0 Å². The highest BCUT2D eigenvalue weighted by Gasteiger charge is 2.16. The number of unbranched alkanes of at least 4 members (excludes halogenated alkanes) is 3. The predicted octanol–water partition coefficient (Wildman–Crippen LogP) is 5.13. The molecule has 0 radical (unpaired) electrons. The number of phenolic OH excluding ortho intramolecular Hbond substituents is 2. The van der Waals surface area contributed by atoms with E-state index in [1.807, 2.05) is 0 Å². The Morgan fingerprint density at radius 2 is 1.25 bits per heavy atom. The van der Waals surface area contributed by atoms with Gasteiger partial charge in [-0.1, -0.05) is 40.0 Å². The third-order valence-corrected chi connectivity index (χ3v) is 3.95. The third-order valence-electron chi connectivity index (χ3n) is 3.95. The molecule has 0 fully saturated rings. The lowest BCUT2D eigenvalue weighted by molar-refractivity contribution is 0.397. The van der Waals surface area contributed by atoms with E-state index in [9.17, 15) is 10.2 Å². The first-order valence-electron chi connectivity index (χ1n) is 8.21. The average molecular weight is 278 g/mol. The lowest BCUT2D eigenvalue weighted by atomic mass is 9.90. The van der Waals surface area contributed by atoms with E-state index >= 15 is 0 Å². The highest BCUT2D eigenvalue weighted by atomic mass is 16.3. The Bertz CT molecular complexity index is 410. The van der Waals surface area contributed by atoms with Crippen molar-refractivity contribution in [3.63, 3.8) is 0 Å². The molecule has 0 spiro atoms. The fraction of sp³-hybridized carbons (Fsp3) is 0.667. The lowest BCUT2D eigenvalue weighted by Crippen LogP contribution is -2.02. The molecular weight excluding hydrogens is 248 g/mol. The summed E-state index contributed by atoms with van der Waals surface area (Å²) >= 11 is 0. The second-order valence-electron chi connectivity index (χ2n) is 5.67. The van der Waals surface area contributed by atoms with Crippen molar-refractivity contribution in [2.75, 3.05) is 0 Å². The van der Waals surface area contributed by atoms with Crippen molar-refractivity contribution in [1.29, 1.82) is 0 Å². The van der Waals surface area contributed by atoms with Crippen LogP contribution in [0.4, 0.5) is 0 Å². The summed E-state index contributed by atoms with van der Waals surface area (Å²) < 4.78 is 0. The second kappa shape index (κ2) is 8.89. The second-order valence-corrected chi connectivity index (χ2v) is 5.67. The summed E-state index contributed by atoms with van der Waals surface area (Å²) in [5.41, 5.74) is 3.53. The summed E-state index contributed by atoms with van der Waals surface area (Å²) in [6, 6.07) is 1.78. The average Bonchev–Trinajstić information content (AvgIpc) is 2.45. The zero-order valence-corrected chi connectivity index (χ0v) is 13.3. The molecule has 1 aromatic carbocycles. The van der Waals surface area contributed by atoms with Gasteiger partial charge in [-0.15, -0.1) is 0 Å². The smallest absolute Gasteiger partial charge is 0.160 e. The Labute approximate surface area is 123 Å². The van der Waals surface area contributed by atoms with Crippen molar-refractivity contribution in [3.8, 4) is 11.5 Å². The van der Waals surface area contributed by atoms with Crippen LogP contribution in [0.3, 0.4) is 0 Å². The third kappa shape index (κ3) is 4.43. The van der Waals surface area contributed by atoms with Crippen LogP contribution in [0.15, 0.2) is 6.07 Å². The molecule has 0 saturated carbocycles. The molecule has 0 atom stereocenters. The van der Waals surface area contributed by atoms with E-state index in [0.717, 1.165) is 63.4 Å². The van der Waals surface area contributed by atoms with Gasteiger partial charge in [0, 0.05) is 5.56 Å². The van der Waals surface area contributed by atoms with Crippen molar-refractivity contribution in [2.24, 2.45) is 0 Å². The molecule has 0 aromatic heterocycles. The van der Waals surface area contributed by atoms with Gasteiger partial charge < -0.3 is 10.2 Å². The monoisotopic (exact) mass is 278 g/mol. The zero-order valence-electron chi connectivity index (χ0n) is 13.3. The van der Waals surface area contributed by atoms with Crippen LogP contribution in [0, 0.1) is 0 Å². The topological polar surface area (TPSA) is 40.5 Å².